The van der Waals surface area contributed by atoms with Gasteiger partial charge in [0.2, 0.25) is 5.91 Å². The first-order valence-corrected chi connectivity index (χ1v) is 5.24. The number of rotatable bonds is 2. The number of halogens is 2. The molecule has 3 N–H and O–H groups in total. The summed E-state index contributed by atoms with van der Waals surface area (Å²) in [4.78, 5) is 11.7. The molecule has 0 aromatic heterocycles. The van der Waals surface area contributed by atoms with Crippen molar-refractivity contribution in [2.75, 3.05) is 5.32 Å². The maximum Gasteiger partial charge on any atom is 0.241 e. The average Bonchev–Trinajstić information content (AvgIpc) is 2.22. The molecule has 0 aliphatic heterocycles. The maximum absolute atomic E-state index is 13.3. The number of carbonyl (C=O) groups is 1. The van der Waals surface area contributed by atoms with Crippen molar-refractivity contribution >= 4 is 11.6 Å². The van der Waals surface area contributed by atoms with Crippen LogP contribution in [0.1, 0.15) is 20.8 Å². The third-order valence-electron chi connectivity index (χ3n) is 2.42. The molecule has 0 spiro atoms. The van der Waals surface area contributed by atoms with E-state index in [1.54, 1.807) is 20.8 Å². The van der Waals surface area contributed by atoms with Crippen LogP contribution in [0.3, 0.4) is 0 Å². The van der Waals surface area contributed by atoms with Crippen LogP contribution in [0.4, 0.5) is 14.5 Å². The minimum absolute atomic E-state index is 0.199. The van der Waals surface area contributed by atoms with Gasteiger partial charge in [-0.1, -0.05) is 26.8 Å². The van der Waals surface area contributed by atoms with E-state index in [1.807, 2.05) is 0 Å². The van der Waals surface area contributed by atoms with Gasteiger partial charge in [0.1, 0.15) is 0 Å². The molecule has 0 saturated heterocycles. The standard InChI is InChI=1S/C12H16F2N2O/c1-12(2,3)10(15)11(17)16-8-6-4-5-7(13)9(8)14/h4-6,10H,15H2,1-3H3,(H,16,17). The highest BCUT2D eigenvalue weighted by molar-refractivity contribution is 5.95. The van der Waals surface area contributed by atoms with Gasteiger partial charge in [0.05, 0.1) is 11.7 Å². The number of nitrogens with two attached hydrogens (primary N) is 1. The van der Waals surface area contributed by atoms with Gasteiger partial charge in [0.15, 0.2) is 11.6 Å². The van der Waals surface area contributed by atoms with E-state index in [0.717, 1.165) is 6.07 Å². The summed E-state index contributed by atoms with van der Waals surface area (Å²) in [5, 5.41) is 2.28. The maximum atomic E-state index is 13.3. The molecule has 1 unspecified atom stereocenters. The number of amides is 1. The topological polar surface area (TPSA) is 55.1 Å². The minimum Gasteiger partial charge on any atom is -0.322 e. The number of anilines is 1. The monoisotopic (exact) mass is 242 g/mol. The fourth-order valence-corrected chi connectivity index (χ4v) is 1.20. The molecule has 0 fully saturated rings. The molecular formula is C12H16F2N2O. The summed E-state index contributed by atoms with van der Waals surface area (Å²) in [6.45, 7) is 5.37. The van der Waals surface area contributed by atoms with Gasteiger partial charge in [-0.25, -0.2) is 8.78 Å². The van der Waals surface area contributed by atoms with E-state index in [1.165, 1.54) is 12.1 Å². The van der Waals surface area contributed by atoms with Crippen LogP contribution in [0.15, 0.2) is 18.2 Å². The molecule has 17 heavy (non-hydrogen) atoms. The van der Waals surface area contributed by atoms with Gasteiger partial charge in [0.25, 0.3) is 0 Å². The van der Waals surface area contributed by atoms with Crippen molar-refractivity contribution in [3.63, 3.8) is 0 Å². The summed E-state index contributed by atoms with van der Waals surface area (Å²) in [7, 11) is 0. The molecule has 1 rings (SSSR count). The minimum atomic E-state index is -1.08. The second-order valence-corrected chi connectivity index (χ2v) is 4.93. The van der Waals surface area contributed by atoms with E-state index in [0.29, 0.717) is 0 Å². The molecule has 1 amide bonds. The Morgan fingerprint density at radius 2 is 1.94 bits per heavy atom. The largest absolute Gasteiger partial charge is 0.322 e. The Bertz CT molecular complexity index is 427. The zero-order chi connectivity index (χ0) is 13.2. The van der Waals surface area contributed by atoms with Crippen molar-refractivity contribution in [2.24, 2.45) is 11.1 Å². The smallest absolute Gasteiger partial charge is 0.241 e. The predicted octanol–water partition coefficient (Wildman–Crippen LogP) is 2.28. The normalized spacial score (nSPS) is 13.3. The van der Waals surface area contributed by atoms with Crippen molar-refractivity contribution in [1.29, 1.82) is 0 Å². The first kappa shape index (κ1) is 13.6. The van der Waals surface area contributed by atoms with Crippen LogP contribution in [-0.2, 0) is 4.79 Å². The van der Waals surface area contributed by atoms with Crippen molar-refractivity contribution < 1.29 is 13.6 Å². The predicted molar refractivity (Wildman–Crippen MR) is 62.4 cm³/mol. The third-order valence-corrected chi connectivity index (χ3v) is 2.42. The number of hydrogen-bond acceptors (Lipinski definition) is 2. The number of carbonyl (C=O) groups excluding carboxylic acids is 1. The number of hydrogen-bond donors (Lipinski definition) is 2. The van der Waals surface area contributed by atoms with Crippen LogP contribution in [0, 0.1) is 17.0 Å². The van der Waals surface area contributed by atoms with E-state index in [9.17, 15) is 13.6 Å². The second kappa shape index (κ2) is 4.79. The van der Waals surface area contributed by atoms with Crippen LogP contribution >= 0.6 is 0 Å². The Morgan fingerprint density at radius 1 is 1.35 bits per heavy atom. The molecule has 0 saturated carbocycles. The van der Waals surface area contributed by atoms with Crippen molar-refractivity contribution in [2.45, 2.75) is 26.8 Å². The number of benzene rings is 1. The average molecular weight is 242 g/mol. The van der Waals surface area contributed by atoms with E-state index < -0.39 is 29.0 Å². The van der Waals surface area contributed by atoms with Crippen LogP contribution < -0.4 is 11.1 Å². The van der Waals surface area contributed by atoms with Gasteiger partial charge in [-0.3, -0.25) is 4.79 Å². The molecule has 0 aliphatic rings. The Labute approximate surface area is 99.0 Å². The molecular weight excluding hydrogens is 226 g/mol. The zero-order valence-electron chi connectivity index (χ0n) is 10.1. The summed E-state index contributed by atoms with van der Waals surface area (Å²) in [5.74, 6) is -2.63. The second-order valence-electron chi connectivity index (χ2n) is 4.93. The van der Waals surface area contributed by atoms with Gasteiger partial charge < -0.3 is 11.1 Å². The third kappa shape index (κ3) is 3.23. The Hall–Kier alpha value is -1.49. The molecule has 0 heterocycles. The van der Waals surface area contributed by atoms with Gasteiger partial charge in [-0.2, -0.15) is 0 Å². The van der Waals surface area contributed by atoms with Crippen molar-refractivity contribution in [3.05, 3.63) is 29.8 Å². The summed E-state index contributed by atoms with van der Waals surface area (Å²) in [6.07, 6.45) is 0. The molecule has 3 nitrogen and oxygen atoms in total. The Balaban J connectivity index is 2.86. The lowest BCUT2D eigenvalue weighted by molar-refractivity contribution is -0.119. The molecule has 1 aromatic carbocycles. The van der Waals surface area contributed by atoms with Gasteiger partial charge >= 0.3 is 0 Å². The lowest BCUT2D eigenvalue weighted by atomic mass is 9.87. The van der Waals surface area contributed by atoms with Crippen LogP contribution in [0.2, 0.25) is 0 Å². The Morgan fingerprint density at radius 3 is 2.47 bits per heavy atom. The lowest BCUT2D eigenvalue weighted by Gasteiger charge is -2.25. The molecule has 1 atom stereocenters. The van der Waals surface area contributed by atoms with Crippen LogP contribution in [-0.4, -0.2) is 11.9 Å². The van der Waals surface area contributed by atoms with E-state index in [-0.39, 0.29) is 5.69 Å². The highest BCUT2D eigenvalue weighted by atomic mass is 19.2. The fraction of sp³-hybridized carbons (Fsp3) is 0.417. The quantitative estimate of drug-likeness (QED) is 0.835. The summed E-state index contributed by atoms with van der Waals surface area (Å²) in [6, 6.07) is 2.78. The number of nitrogens with one attached hydrogen (secondary N) is 1. The van der Waals surface area contributed by atoms with Gasteiger partial charge in [0, 0.05) is 0 Å². The molecule has 94 valence electrons. The van der Waals surface area contributed by atoms with Gasteiger partial charge in [-0.15, -0.1) is 0 Å². The molecule has 0 aliphatic carbocycles. The molecule has 0 bridgehead atoms. The highest BCUT2D eigenvalue weighted by Crippen LogP contribution is 2.21. The molecule has 1 aromatic rings. The van der Waals surface area contributed by atoms with Crippen molar-refractivity contribution in [3.8, 4) is 0 Å². The van der Waals surface area contributed by atoms with E-state index in [4.69, 9.17) is 5.73 Å². The van der Waals surface area contributed by atoms with Crippen LogP contribution in [0.5, 0.6) is 0 Å². The SMILES string of the molecule is CC(C)(C)C(N)C(=O)Nc1cccc(F)c1F. The molecule has 0 radical (unpaired) electrons. The highest BCUT2D eigenvalue weighted by Gasteiger charge is 2.28. The zero-order valence-corrected chi connectivity index (χ0v) is 10.1. The fourth-order valence-electron chi connectivity index (χ4n) is 1.20. The van der Waals surface area contributed by atoms with E-state index >= 15 is 0 Å². The summed E-state index contributed by atoms with van der Waals surface area (Å²) >= 11 is 0. The van der Waals surface area contributed by atoms with Gasteiger partial charge in [-0.05, 0) is 17.5 Å². The first-order valence-electron chi connectivity index (χ1n) is 5.24. The molecule has 5 heteroatoms. The summed E-state index contributed by atoms with van der Waals surface area (Å²) < 4.78 is 26.2. The summed E-state index contributed by atoms with van der Waals surface area (Å²) in [5.41, 5.74) is 5.05. The van der Waals surface area contributed by atoms with Crippen LogP contribution in [0.25, 0.3) is 0 Å². The Kier molecular flexibility index (Phi) is 3.83. The first-order chi connectivity index (χ1) is 7.73. The van der Waals surface area contributed by atoms with Crippen molar-refractivity contribution in [1.82, 2.24) is 0 Å². The van der Waals surface area contributed by atoms with E-state index in [2.05, 4.69) is 5.32 Å². The lowest BCUT2D eigenvalue weighted by Crippen LogP contribution is -2.45.